The third kappa shape index (κ3) is 5.11. The lowest BCUT2D eigenvalue weighted by molar-refractivity contribution is -0.133. The molecule has 1 aliphatic rings. The monoisotopic (exact) mass is 270 g/mol. The molecule has 0 aromatic heterocycles. The summed E-state index contributed by atoms with van der Waals surface area (Å²) in [5.74, 6) is 1.38. The SMILES string of the molecule is CC(C)COCCNC(=O)C1(CN)CCC(C)CC1. The largest absolute Gasteiger partial charge is 0.379 e. The van der Waals surface area contributed by atoms with Gasteiger partial charge in [-0.2, -0.15) is 0 Å². The quantitative estimate of drug-likeness (QED) is 0.695. The summed E-state index contributed by atoms with van der Waals surface area (Å²) < 4.78 is 5.47. The van der Waals surface area contributed by atoms with Crippen LogP contribution >= 0.6 is 0 Å². The Morgan fingerprint density at radius 3 is 2.58 bits per heavy atom. The molecule has 1 fully saturated rings. The molecule has 1 aliphatic carbocycles. The third-order valence-corrected chi connectivity index (χ3v) is 4.09. The summed E-state index contributed by atoms with van der Waals surface area (Å²) in [6, 6.07) is 0. The van der Waals surface area contributed by atoms with Crippen LogP contribution in [-0.4, -0.2) is 32.2 Å². The van der Waals surface area contributed by atoms with Crippen molar-refractivity contribution in [1.29, 1.82) is 0 Å². The molecule has 0 saturated heterocycles. The van der Waals surface area contributed by atoms with Crippen molar-refractivity contribution in [2.75, 3.05) is 26.3 Å². The van der Waals surface area contributed by atoms with Gasteiger partial charge in [0.1, 0.15) is 0 Å². The molecule has 0 bridgehead atoms. The number of rotatable bonds is 7. The second-order valence-corrected chi connectivity index (χ2v) is 6.39. The Labute approximate surface area is 117 Å². The van der Waals surface area contributed by atoms with Crippen LogP contribution in [-0.2, 0) is 9.53 Å². The summed E-state index contributed by atoms with van der Waals surface area (Å²) in [5.41, 5.74) is 5.53. The molecule has 0 aromatic carbocycles. The average molecular weight is 270 g/mol. The van der Waals surface area contributed by atoms with Crippen LogP contribution < -0.4 is 11.1 Å². The zero-order valence-corrected chi connectivity index (χ0v) is 12.7. The Morgan fingerprint density at radius 2 is 2.05 bits per heavy atom. The molecule has 1 amide bonds. The summed E-state index contributed by atoms with van der Waals surface area (Å²) in [6.45, 7) is 8.85. The van der Waals surface area contributed by atoms with E-state index in [1.807, 2.05) is 0 Å². The second kappa shape index (κ2) is 7.85. The van der Waals surface area contributed by atoms with Crippen LogP contribution in [0.25, 0.3) is 0 Å². The molecular weight excluding hydrogens is 240 g/mol. The summed E-state index contributed by atoms with van der Waals surface area (Å²) in [7, 11) is 0. The number of ether oxygens (including phenoxy) is 1. The second-order valence-electron chi connectivity index (χ2n) is 6.39. The number of carbonyl (C=O) groups is 1. The van der Waals surface area contributed by atoms with E-state index in [0.717, 1.165) is 38.2 Å². The van der Waals surface area contributed by atoms with Crippen molar-refractivity contribution in [1.82, 2.24) is 5.32 Å². The molecule has 0 radical (unpaired) electrons. The van der Waals surface area contributed by atoms with E-state index >= 15 is 0 Å². The molecule has 0 atom stereocenters. The topological polar surface area (TPSA) is 64.3 Å². The van der Waals surface area contributed by atoms with Gasteiger partial charge in [-0.05, 0) is 37.5 Å². The lowest BCUT2D eigenvalue weighted by atomic mass is 9.70. The molecule has 1 rings (SSSR count). The van der Waals surface area contributed by atoms with E-state index in [0.29, 0.717) is 25.6 Å². The van der Waals surface area contributed by atoms with Gasteiger partial charge in [0.05, 0.1) is 12.0 Å². The molecule has 0 heterocycles. The fraction of sp³-hybridized carbons (Fsp3) is 0.933. The first-order valence-electron chi connectivity index (χ1n) is 7.56. The van der Waals surface area contributed by atoms with Crippen molar-refractivity contribution in [2.24, 2.45) is 23.0 Å². The summed E-state index contributed by atoms with van der Waals surface area (Å²) in [4.78, 5) is 12.3. The zero-order valence-electron chi connectivity index (χ0n) is 12.7. The van der Waals surface area contributed by atoms with E-state index in [9.17, 15) is 4.79 Å². The maximum absolute atomic E-state index is 12.3. The predicted molar refractivity (Wildman–Crippen MR) is 77.8 cm³/mol. The molecule has 112 valence electrons. The first-order valence-corrected chi connectivity index (χ1v) is 7.56. The Morgan fingerprint density at radius 1 is 1.42 bits per heavy atom. The summed E-state index contributed by atoms with van der Waals surface area (Å²) >= 11 is 0. The van der Waals surface area contributed by atoms with Gasteiger partial charge < -0.3 is 15.8 Å². The Hall–Kier alpha value is -0.610. The smallest absolute Gasteiger partial charge is 0.227 e. The van der Waals surface area contributed by atoms with Crippen LogP contribution in [0.1, 0.15) is 46.5 Å². The fourth-order valence-electron chi connectivity index (χ4n) is 2.58. The van der Waals surface area contributed by atoms with Gasteiger partial charge in [-0.15, -0.1) is 0 Å². The number of carbonyl (C=O) groups excluding carboxylic acids is 1. The Kier molecular flexibility index (Phi) is 6.80. The Bertz CT molecular complexity index is 271. The number of hydrogen-bond acceptors (Lipinski definition) is 3. The van der Waals surface area contributed by atoms with Crippen LogP contribution in [0.5, 0.6) is 0 Å². The predicted octanol–water partition coefficient (Wildman–Crippen LogP) is 1.93. The highest BCUT2D eigenvalue weighted by molar-refractivity contribution is 5.83. The van der Waals surface area contributed by atoms with Crippen molar-refractivity contribution in [2.45, 2.75) is 46.5 Å². The molecule has 0 spiro atoms. The van der Waals surface area contributed by atoms with Gasteiger partial charge in [0.2, 0.25) is 5.91 Å². The summed E-state index contributed by atoms with van der Waals surface area (Å²) in [5, 5.41) is 2.99. The minimum Gasteiger partial charge on any atom is -0.379 e. The minimum absolute atomic E-state index is 0.120. The van der Waals surface area contributed by atoms with E-state index in [2.05, 4.69) is 26.1 Å². The lowest BCUT2D eigenvalue weighted by Gasteiger charge is -2.37. The molecule has 19 heavy (non-hydrogen) atoms. The Balaban J connectivity index is 2.30. The molecule has 0 aromatic rings. The molecule has 0 unspecified atom stereocenters. The van der Waals surface area contributed by atoms with Gasteiger partial charge in [0.25, 0.3) is 0 Å². The van der Waals surface area contributed by atoms with E-state index < -0.39 is 0 Å². The van der Waals surface area contributed by atoms with Gasteiger partial charge in [0.15, 0.2) is 0 Å². The highest BCUT2D eigenvalue weighted by atomic mass is 16.5. The number of nitrogens with two attached hydrogens (primary N) is 1. The van der Waals surface area contributed by atoms with Crippen LogP contribution in [0.3, 0.4) is 0 Å². The molecule has 1 saturated carbocycles. The zero-order chi connectivity index (χ0) is 14.3. The molecule has 3 N–H and O–H groups in total. The number of nitrogens with one attached hydrogen (secondary N) is 1. The van der Waals surface area contributed by atoms with Crippen LogP contribution in [0.15, 0.2) is 0 Å². The van der Waals surface area contributed by atoms with Gasteiger partial charge in [-0.3, -0.25) is 4.79 Å². The van der Waals surface area contributed by atoms with Crippen LogP contribution in [0.2, 0.25) is 0 Å². The molecule has 4 heteroatoms. The van der Waals surface area contributed by atoms with Crippen LogP contribution in [0.4, 0.5) is 0 Å². The minimum atomic E-state index is -0.329. The first-order chi connectivity index (χ1) is 9.00. The van der Waals surface area contributed by atoms with Crippen LogP contribution in [0, 0.1) is 17.3 Å². The first kappa shape index (κ1) is 16.4. The van der Waals surface area contributed by atoms with Crippen molar-refractivity contribution in [3.8, 4) is 0 Å². The molecule has 4 nitrogen and oxygen atoms in total. The third-order valence-electron chi connectivity index (χ3n) is 4.09. The lowest BCUT2D eigenvalue weighted by Crippen LogP contribution is -2.48. The van der Waals surface area contributed by atoms with Gasteiger partial charge in [-0.25, -0.2) is 0 Å². The summed E-state index contributed by atoms with van der Waals surface area (Å²) in [6.07, 6.45) is 4.05. The average Bonchev–Trinajstić information content (AvgIpc) is 2.39. The number of amides is 1. The van der Waals surface area contributed by atoms with E-state index in [1.165, 1.54) is 0 Å². The van der Waals surface area contributed by atoms with Gasteiger partial charge in [0, 0.05) is 19.7 Å². The van der Waals surface area contributed by atoms with Gasteiger partial charge in [-0.1, -0.05) is 20.8 Å². The highest BCUT2D eigenvalue weighted by Gasteiger charge is 2.39. The van der Waals surface area contributed by atoms with Crippen molar-refractivity contribution < 1.29 is 9.53 Å². The van der Waals surface area contributed by atoms with Crippen molar-refractivity contribution in [3.63, 3.8) is 0 Å². The van der Waals surface area contributed by atoms with E-state index in [1.54, 1.807) is 0 Å². The number of hydrogen-bond donors (Lipinski definition) is 2. The van der Waals surface area contributed by atoms with Crippen molar-refractivity contribution >= 4 is 5.91 Å². The van der Waals surface area contributed by atoms with E-state index in [-0.39, 0.29) is 11.3 Å². The maximum atomic E-state index is 12.3. The molecular formula is C15H30N2O2. The maximum Gasteiger partial charge on any atom is 0.227 e. The van der Waals surface area contributed by atoms with Gasteiger partial charge >= 0.3 is 0 Å². The van der Waals surface area contributed by atoms with E-state index in [4.69, 9.17) is 10.5 Å². The fourth-order valence-corrected chi connectivity index (χ4v) is 2.58. The molecule has 0 aliphatic heterocycles. The standard InChI is InChI=1S/C15H30N2O2/c1-12(2)10-19-9-8-17-14(18)15(11-16)6-4-13(3)5-7-15/h12-13H,4-11,16H2,1-3H3,(H,17,18). The highest BCUT2D eigenvalue weighted by Crippen LogP contribution is 2.38. The normalized spacial score (nSPS) is 27.5. The van der Waals surface area contributed by atoms with Crippen molar-refractivity contribution in [3.05, 3.63) is 0 Å².